The maximum atomic E-state index is 14.2. The van der Waals surface area contributed by atoms with Crippen LogP contribution in [0.15, 0.2) is 42.6 Å². The molecule has 8 N–H and O–H groups in total. The molecule has 1 unspecified atom stereocenters. The number of urea groups is 1. The molecular weight excluding hydrogens is 646 g/mol. The number of benzene rings is 2. The molecule has 3 aromatic rings. The van der Waals surface area contributed by atoms with Crippen LogP contribution in [0, 0.1) is 5.82 Å². The second-order valence-corrected chi connectivity index (χ2v) is 10.9. The number of carbonyl (C=O) groups is 5. The number of halogens is 2. The van der Waals surface area contributed by atoms with Gasteiger partial charge in [0.1, 0.15) is 29.0 Å². The van der Waals surface area contributed by atoms with Crippen molar-refractivity contribution in [3.63, 3.8) is 0 Å². The van der Waals surface area contributed by atoms with E-state index in [1.54, 1.807) is 6.07 Å². The topological polar surface area (TPSA) is 245 Å². The molecule has 2 atom stereocenters. The highest BCUT2D eigenvalue weighted by atomic mass is 35.5. The van der Waals surface area contributed by atoms with Crippen LogP contribution in [-0.2, 0) is 27.3 Å². The number of amides is 5. The molecule has 2 aliphatic heterocycles. The Labute approximate surface area is 269 Å². The number of carboxylic acid groups (broad SMARTS) is 1. The summed E-state index contributed by atoms with van der Waals surface area (Å²) in [5, 5.41) is 44.3. The molecule has 1 aromatic heterocycles. The number of aromatic nitrogens is 1. The Morgan fingerprint density at radius 1 is 1.13 bits per heavy atom. The van der Waals surface area contributed by atoms with Gasteiger partial charge in [0.15, 0.2) is 11.5 Å². The number of aromatic hydroxyl groups is 2. The van der Waals surface area contributed by atoms with Crippen LogP contribution < -0.4 is 21.0 Å². The molecule has 0 saturated carbocycles. The maximum absolute atomic E-state index is 14.2. The lowest BCUT2D eigenvalue weighted by Gasteiger charge is -2.34. The van der Waals surface area contributed by atoms with E-state index in [0.717, 1.165) is 18.2 Å². The minimum Gasteiger partial charge on any atom is -0.534 e. The molecule has 1 saturated heterocycles. The number of hydrogen-bond acceptors (Lipinski definition) is 11. The minimum absolute atomic E-state index is 0.0102. The number of phenolic OH excluding ortho intramolecular Hbond substituents is 2. The van der Waals surface area contributed by atoms with E-state index in [9.17, 15) is 48.7 Å². The molecule has 0 aliphatic carbocycles. The number of carbonyl (C=O) groups excluding carboxylic acids is 4. The van der Waals surface area contributed by atoms with Gasteiger partial charge in [-0.1, -0.05) is 29.8 Å². The van der Waals surface area contributed by atoms with Crippen molar-refractivity contribution >= 4 is 54.3 Å². The number of phenols is 2. The lowest BCUT2D eigenvalue weighted by atomic mass is 9.72. The van der Waals surface area contributed by atoms with E-state index in [0.29, 0.717) is 10.5 Å². The fraction of sp³-hybridized carbons (Fsp3) is 0.214. The average molecular weight is 671 g/mol. The molecule has 244 valence electrons. The molecule has 19 heteroatoms. The van der Waals surface area contributed by atoms with Gasteiger partial charge < -0.3 is 46.3 Å². The molecule has 5 amide bonds. The zero-order chi connectivity index (χ0) is 34.2. The molecule has 2 aliphatic rings. The monoisotopic (exact) mass is 670 g/mol. The van der Waals surface area contributed by atoms with E-state index in [1.165, 1.54) is 23.2 Å². The second-order valence-electron chi connectivity index (χ2n) is 10.5. The van der Waals surface area contributed by atoms with Crippen molar-refractivity contribution in [1.29, 1.82) is 0 Å². The van der Waals surface area contributed by atoms with Crippen molar-refractivity contribution < 1.29 is 53.4 Å². The number of nitrogens with two attached hydrogens (primary N) is 1. The van der Waals surface area contributed by atoms with Gasteiger partial charge in [0.25, 0.3) is 0 Å². The Bertz CT molecular complexity index is 1800. The van der Waals surface area contributed by atoms with Crippen LogP contribution in [0.1, 0.15) is 33.1 Å². The van der Waals surface area contributed by atoms with Gasteiger partial charge in [-0.3, -0.25) is 19.3 Å². The quantitative estimate of drug-likeness (QED) is 0.102. The van der Waals surface area contributed by atoms with Crippen LogP contribution in [0.4, 0.5) is 15.0 Å². The first-order valence-electron chi connectivity index (χ1n) is 13.8. The number of nitrogens with zero attached hydrogens (tertiary/aromatic N) is 3. The summed E-state index contributed by atoms with van der Waals surface area (Å²) in [7, 11) is -1.88. The molecule has 0 spiro atoms. The van der Waals surface area contributed by atoms with Crippen LogP contribution in [0.3, 0.4) is 0 Å². The molecule has 5 rings (SSSR count). The van der Waals surface area contributed by atoms with E-state index in [1.807, 2.05) is 0 Å². The lowest BCUT2D eigenvalue weighted by Crippen LogP contribution is -2.60. The van der Waals surface area contributed by atoms with Crippen molar-refractivity contribution in [2.75, 3.05) is 18.8 Å². The summed E-state index contributed by atoms with van der Waals surface area (Å²) in [6, 6.07) is 4.35. The predicted molar refractivity (Wildman–Crippen MR) is 159 cm³/mol. The summed E-state index contributed by atoms with van der Waals surface area (Å²) >= 11 is 6.20. The highest BCUT2D eigenvalue weighted by Gasteiger charge is 2.42. The zero-order valence-electron chi connectivity index (χ0n) is 24.0. The van der Waals surface area contributed by atoms with Crippen LogP contribution in [0.5, 0.6) is 17.2 Å². The Balaban J connectivity index is 1.36. The SMILES string of the molecule is Nc1ccc(CN2CCN(C(=O)NC(C(=O)N[C@H]3Cc4ccc(F)c(C(=O)O)c4OB3O)c3ccc(O)c(O)c3Cl)C(=O)C2=O)cn1. The van der Waals surface area contributed by atoms with Gasteiger partial charge in [0, 0.05) is 31.4 Å². The standard InChI is InChI=1S/C28H25BClFN6O10/c30-20-14(3-5-16(38)22(20)39)21(24(40)34-17-9-13-2-4-15(31)19(27(43)44)23(13)47-29(17)46)35-28(45)37-8-7-36(25(41)26(37)42)11-12-1-6-18(32)33-10-12/h1-6,10,17,21,38-39,46H,7-9,11H2,(H2,32,33)(H,34,40)(H,35,45)(H,43,44)/t17-,21?/m0/s1. The first-order chi connectivity index (χ1) is 22.3. The number of hydrogen-bond donors (Lipinski definition) is 7. The largest absolute Gasteiger partial charge is 0.547 e. The second kappa shape index (κ2) is 13.0. The first-order valence-corrected chi connectivity index (χ1v) is 14.2. The van der Waals surface area contributed by atoms with Gasteiger partial charge in [-0.25, -0.2) is 19.0 Å². The number of pyridine rings is 1. The van der Waals surface area contributed by atoms with Crippen molar-refractivity contribution in [3.8, 4) is 17.2 Å². The maximum Gasteiger partial charge on any atom is 0.547 e. The minimum atomic E-state index is -1.88. The van der Waals surface area contributed by atoms with E-state index < -0.39 is 82.5 Å². The van der Waals surface area contributed by atoms with E-state index in [2.05, 4.69) is 15.6 Å². The summed E-state index contributed by atoms with van der Waals surface area (Å²) in [6.07, 6.45) is 1.19. The van der Waals surface area contributed by atoms with Gasteiger partial charge in [-0.15, -0.1) is 0 Å². The van der Waals surface area contributed by atoms with Gasteiger partial charge in [-0.05, 0) is 35.7 Å². The zero-order valence-corrected chi connectivity index (χ0v) is 24.8. The summed E-state index contributed by atoms with van der Waals surface area (Å²) < 4.78 is 19.4. The molecule has 0 radical (unpaired) electrons. The van der Waals surface area contributed by atoms with Gasteiger partial charge in [-0.2, -0.15) is 0 Å². The molecule has 16 nitrogen and oxygen atoms in total. The number of piperazine rings is 1. The number of anilines is 1. The average Bonchev–Trinajstić information content (AvgIpc) is 3.02. The summed E-state index contributed by atoms with van der Waals surface area (Å²) in [5.74, 6) is -8.94. The lowest BCUT2D eigenvalue weighted by molar-refractivity contribution is -0.154. The smallest absolute Gasteiger partial charge is 0.534 e. The number of fused-ring (bicyclic) bond motifs is 1. The Kier molecular flexibility index (Phi) is 9.07. The van der Waals surface area contributed by atoms with Crippen molar-refractivity contribution in [2.45, 2.75) is 24.9 Å². The molecule has 0 bridgehead atoms. The van der Waals surface area contributed by atoms with E-state index in [4.69, 9.17) is 22.0 Å². The Morgan fingerprint density at radius 2 is 1.87 bits per heavy atom. The van der Waals surface area contributed by atoms with Crippen molar-refractivity contribution in [1.82, 2.24) is 25.4 Å². The van der Waals surface area contributed by atoms with E-state index >= 15 is 0 Å². The number of nitrogens with one attached hydrogen (secondary N) is 2. The van der Waals surface area contributed by atoms with Gasteiger partial charge in [0.05, 0.1) is 11.0 Å². The van der Waals surface area contributed by atoms with Crippen LogP contribution >= 0.6 is 11.6 Å². The molecule has 3 heterocycles. The third-order valence-corrected chi connectivity index (χ3v) is 7.89. The molecule has 2 aromatic carbocycles. The fourth-order valence-electron chi connectivity index (χ4n) is 5.07. The van der Waals surface area contributed by atoms with Crippen molar-refractivity contribution in [3.05, 3.63) is 75.7 Å². The van der Waals surface area contributed by atoms with Gasteiger partial charge in [0.2, 0.25) is 5.91 Å². The summed E-state index contributed by atoms with van der Waals surface area (Å²) in [6.45, 7) is -0.323. The van der Waals surface area contributed by atoms with Crippen LogP contribution in [0.2, 0.25) is 5.02 Å². The summed E-state index contributed by atoms with van der Waals surface area (Å²) in [4.78, 5) is 70.1. The van der Waals surface area contributed by atoms with Crippen LogP contribution in [-0.4, -0.2) is 91.0 Å². The highest BCUT2D eigenvalue weighted by molar-refractivity contribution is 6.47. The predicted octanol–water partition coefficient (Wildman–Crippen LogP) is 0.327. The highest BCUT2D eigenvalue weighted by Crippen LogP contribution is 2.38. The third-order valence-electron chi connectivity index (χ3n) is 7.49. The Hall–Kier alpha value is -5.62. The molecular formula is C28H25BClFN6O10. The number of carboxylic acids is 1. The number of rotatable bonds is 7. The number of aromatic carboxylic acids is 1. The normalized spacial score (nSPS) is 16.7. The first kappa shape index (κ1) is 32.8. The van der Waals surface area contributed by atoms with E-state index in [-0.39, 0.29) is 43.0 Å². The third kappa shape index (κ3) is 6.54. The van der Waals surface area contributed by atoms with Crippen LogP contribution in [0.25, 0.3) is 0 Å². The number of imide groups is 1. The van der Waals surface area contributed by atoms with Crippen molar-refractivity contribution in [2.24, 2.45) is 0 Å². The number of nitrogen functional groups attached to an aromatic ring is 1. The molecule has 1 fully saturated rings. The Morgan fingerprint density at radius 3 is 2.55 bits per heavy atom. The summed E-state index contributed by atoms with van der Waals surface area (Å²) in [5.41, 5.74) is 5.23. The van der Waals surface area contributed by atoms with Gasteiger partial charge >= 0.3 is 30.9 Å². The fourth-order valence-corrected chi connectivity index (χ4v) is 5.34. The molecule has 47 heavy (non-hydrogen) atoms.